The smallest absolute Gasteiger partial charge is 0.00719 e. The molecule has 0 aliphatic carbocycles. The Bertz CT molecular complexity index is 907. The Balaban J connectivity index is 0.000000220. The van der Waals surface area contributed by atoms with E-state index in [0.717, 1.165) is 0 Å². The molecule has 0 aromatic heterocycles. The molecule has 0 fully saturated rings. The summed E-state index contributed by atoms with van der Waals surface area (Å²) in [7, 11) is 0. The maximum absolute atomic E-state index is 2.20. The van der Waals surface area contributed by atoms with Crippen LogP contribution >= 0.6 is 47.0 Å². The molecule has 4 heteroatoms. The lowest BCUT2D eigenvalue weighted by atomic mass is 10.2. The Morgan fingerprint density at radius 3 is 0.650 bits per heavy atom. The third kappa shape index (κ3) is 16.5. The van der Waals surface area contributed by atoms with Crippen molar-refractivity contribution < 1.29 is 0 Å². The molecule has 0 aliphatic heterocycles. The van der Waals surface area contributed by atoms with Crippen molar-refractivity contribution in [3.8, 4) is 0 Å². The Kier molecular flexibility index (Phi) is 18.8. The second kappa shape index (κ2) is 22.9. The summed E-state index contributed by atoms with van der Waals surface area (Å²) in [6.45, 7) is 0. The molecule has 0 unspecified atom stereocenters. The number of thioether (sulfide) groups is 4. The van der Waals surface area contributed by atoms with Crippen LogP contribution in [0.3, 0.4) is 0 Å². The quantitative estimate of drug-likeness (QED) is 0.0818. The van der Waals surface area contributed by atoms with Crippen molar-refractivity contribution in [3.63, 3.8) is 0 Å². The average Bonchev–Trinajstić information content (AvgIpc) is 3.02. The zero-order chi connectivity index (χ0) is 27.8. The molecule has 4 aromatic carbocycles. The second-order valence-electron chi connectivity index (χ2n) is 9.47. The third-order valence-corrected chi connectivity index (χ3v) is 10.5. The number of rotatable bonds is 18. The summed E-state index contributed by atoms with van der Waals surface area (Å²) in [5.41, 5.74) is 0. The number of hydrogen-bond acceptors (Lipinski definition) is 4. The van der Waals surface area contributed by atoms with Gasteiger partial charge in [-0.1, -0.05) is 98.5 Å². The third-order valence-electron chi connectivity index (χ3n) is 6.13. The zero-order valence-corrected chi connectivity index (χ0v) is 26.9. The van der Waals surface area contributed by atoms with Crippen molar-refractivity contribution in [3.05, 3.63) is 121 Å². The molecule has 0 radical (unpaired) electrons. The number of benzene rings is 4. The van der Waals surface area contributed by atoms with E-state index in [0.29, 0.717) is 0 Å². The van der Waals surface area contributed by atoms with Crippen LogP contribution in [0, 0.1) is 0 Å². The van der Waals surface area contributed by atoms with Gasteiger partial charge in [-0.25, -0.2) is 0 Å². The van der Waals surface area contributed by atoms with E-state index in [1.54, 1.807) is 0 Å². The first-order valence-electron chi connectivity index (χ1n) is 14.6. The molecule has 0 atom stereocenters. The van der Waals surface area contributed by atoms with Crippen molar-refractivity contribution >= 4 is 47.0 Å². The van der Waals surface area contributed by atoms with Crippen molar-refractivity contribution in [1.29, 1.82) is 0 Å². The average molecular weight is 605 g/mol. The highest BCUT2D eigenvalue weighted by Crippen LogP contribution is 2.22. The van der Waals surface area contributed by atoms with E-state index in [1.807, 2.05) is 47.0 Å². The van der Waals surface area contributed by atoms with Crippen LogP contribution in [0.2, 0.25) is 0 Å². The van der Waals surface area contributed by atoms with Gasteiger partial charge in [-0.3, -0.25) is 0 Å². The van der Waals surface area contributed by atoms with E-state index in [4.69, 9.17) is 0 Å². The largest absolute Gasteiger partial charge is 0.126 e. The minimum absolute atomic E-state index is 1.25. The van der Waals surface area contributed by atoms with Crippen molar-refractivity contribution in [1.82, 2.24) is 0 Å². The van der Waals surface area contributed by atoms with Gasteiger partial charge in [0, 0.05) is 19.6 Å². The summed E-state index contributed by atoms with van der Waals surface area (Å²) in [5, 5.41) is 0. The monoisotopic (exact) mass is 604 g/mol. The summed E-state index contributed by atoms with van der Waals surface area (Å²) in [6.07, 6.45) is 10.7. The van der Waals surface area contributed by atoms with Crippen LogP contribution in [-0.2, 0) is 0 Å². The SMILES string of the molecule is c1ccc(SCCCCCCSc2ccccc2)cc1.c1ccc(SCCCCCCSc2ccccc2)cc1. The Labute approximate surface area is 260 Å². The Morgan fingerprint density at radius 2 is 0.450 bits per heavy atom. The van der Waals surface area contributed by atoms with E-state index < -0.39 is 0 Å². The fraction of sp³-hybridized carbons (Fsp3) is 0.333. The highest BCUT2D eigenvalue weighted by atomic mass is 32.2. The van der Waals surface area contributed by atoms with Crippen molar-refractivity contribution in [2.24, 2.45) is 0 Å². The van der Waals surface area contributed by atoms with E-state index in [9.17, 15) is 0 Å². The lowest BCUT2D eigenvalue weighted by Gasteiger charge is -2.03. The van der Waals surface area contributed by atoms with Gasteiger partial charge >= 0.3 is 0 Å². The molecule has 0 amide bonds. The highest BCUT2D eigenvalue weighted by Gasteiger charge is 1.97. The summed E-state index contributed by atoms with van der Waals surface area (Å²) in [6, 6.07) is 42.8. The number of unbranched alkanes of at least 4 members (excludes halogenated alkanes) is 6. The van der Waals surface area contributed by atoms with Gasteiger partial charge < -0.3 is 0 Å². The summed E-state index contributed by atoms with van der Waals surface area (Å²) in [4.78, 5) is 5.58. The van der Waals surface area contributed by atoms with E-state index in [1.165, 1.54) is 94.0 Å². The minimum atomic E-state index is 1.25. The molecule has 4 aromatic rings. The summed E-state index contributed by atoms with van der Waals surface area (Å²) < 4.78 is 0. The van der Waals surface area contributed by atoms with Crippen LogP contribution in [0.25, 0.3) is 0 Å². The lowest BCUT2D eigenvalue weighted by molar-refractivity contribution is 0.711. The zero-order valence-electron chi connectivity index (χ0n) is 23.7. The molecule has 0 N–H and O–H groups in total. The van der Waals surface area contributed by atoms with Crippen LogP contribution in [0.5, 0.6) is 0 Å². The molecular weight excluding hydrogens is 561 g/mol. The lowest BCUT2D eigenvalue weighted by Crippen LogP contribution is -1.84. The molecule has 0 saturated carbocycles. The highest BCUT2D eigenvalue weighted by molar-refractivity contribution is 8.00. The summed E-state index contributed by atoms with van der Waals surface area (Å²) >= 11 is 7.90. The normalized spacial score (nSPS) is 10.6. The van der Waals surface area contributed by atoms with Gasteiger partial charge in [-0.2, -0.15) is 0 Å². The maximum atomic E-state index is 2.20. The molecule has 212 valence electrons. The molecule has 0 bridgehead atoms. The fourth-order valence-corrected chi connectivity index (χ4v) is 7.68. The fourth-order valence-electron chi connectivity index (χ4n) is 3.94. The topological polar surface area (TPSA) is 0 Å². The van der Waals surface area contributed by atoms with Crippen molar-refractivity contribution in [2.45, 2.75) is 70.9 Å². The van der Waals surface area contributed by atoms with Gasteiger partial charge in [0.05, 0.1) is 0 Å². The van der Waals surface area contributed by atoms with Crippen LogP contribution in [0.1, 0.15) is 51.4 Å². The standard InChI is InChI=1S/2C18H22S2/c2*1(9-15-19-17-11-5-3-6-12-17)2-10-16-20-18-13-7-4-8-14-18/h2*3-8,11-14H,1-2,9-10,15-16H2. The van der Waals surface area contributed by atoms with E-state index in [-0.39, 0.29) is 0 Å². The molecule has 0 saturated heterocycles. The van der Waals surface area contributed by atoms with Crippen LogP contribution in [0.15, 0.2) is 141 Å². The molecule has 0 spiro atoms. The number of hydrogen-bond donors (Lipinski definition) is 0. The van der Waals surface area contributed by atoms with Gasteiger partial charge in [0.25, 0.3) is 0 Å². The van der Waals surface area contributed by atoms with E-state index >= 15 is 0 Å². The van der Waals surface area contributed by atoms with Gasteiger partial charge in [-0.05, 0) is 97.2 Å². The van der Waals surface area contributed by atoms with Gasteiger partial charge in [0.15, 0.2) is 0 Å². The predicted octanol–water partition coefficient (Wildman–Crippen LogP) is 12.3. The molecule has 0 aliphatic rings. The van der Waals surface area contributed by atoms with Crippen LogP contribution in [0.4, 0.5) is 0 Å². The molecule has 0 nitrogen and oxygen atoms in total. The molecular formula is C36H44S4. The van der Waals surface area contributed by atoms with Gasteiger partial charge in [0.1, 0.15) is 0 Å². The maximum Gasteiger partial charge on any atom is 0.00719 e. The van der Waals surface area contributed by atoms with Gasteiger partial charge in [-0.15, -0.1) is 47.0 Å². The molecule has 40 heavy (non-hydrogen) atoms. The second-order valence-corrected chi connectivity index (χ2v) is 14.1. The first-order chi connectivity index (χ1) is 19.9. The van der Waals surface area contributed by atoms with Crippen LogP contribution in [-0.4, -0.2) is 23.0 Å². The predicted molar refractivity (Wildman–Crippen MR) is 186 cm³/mol. The first-order valence-corrected chi connectivity index (χ1v) is 18.6. The molecule has 0 heterocycles. The minimum Gasteiger partial charge on any atom is -0.126 e. The van der Waals surface area contributed by atoms with Crippen molar-refractivity contribution in [2.75, 3.05) is 23.0 Å². The van der Waals surface area contributed by atoms with E-state index in [2.05, 4.69) is 121 Å². The van der Waals surface area contributed by atoms with Crippen LogP contribution < -0.4 is 0 Å². The Morgan fingerprint density at radius 1 is 0.250 bits per heavy atom. The molecule has 4 rings (SSSR count). The Hall–Kier alpha value is -1.72. The van der Waals surface area contributed by atoms with Gasteiger partial charge in [0.2, 0.25) is 0 Å². The first kappa shape index (κ1) is 32.8. The summed E-state index contributed by atoms with van der Waals surface area (Å²) in [5.74, 6) is 4.98.